The Kier molecular flexibility index (Phi) is 5.50. The van der Waals surface area contributed by atoms with Gasteiger partial charge in [-0.3, -0.25) is 14.5 Å². The van der Waals surface area contributed by atoms with Crippen molar-refractivity contribution in [3.05, 3.63) is 65.2 Å². The first-order chi connectivity index (χ1) is 13.9. The Morgan fingerprint density at radius 2 is 1.97 bits per heavy atom. The summed E-state index contributed by atoms with van der Waals surface area (Å²) in [6, 6.07) is 15.0. The van der Waals surface area contributed by atoms with E-state index in [4.69, 9.17) is 10.00 Å². The van der Waals surface area contributed by atoms with Crippen LogP contribution in [0.4, 0.5) is 4.79 Å². The zero-order chi connectivity index (χ0) is 21.0. The number of amides is 4. The predicted octanol–water partition coefficient (Wildman–Crippen LogP) is 1.65. The number of hydrogen-bond acceptors (Lipinski definition) is 5. The summed E-state index contributed by atoms with van der Waals surface area (Å²) in [7, 11) is 1.56. The largest absolute Gasteiger partial charge is 0.497 e. The van der Waals surface area contributed by atoms with Crippen molar-refractivity contribution in [2.24, 2.45) is 0 Å². The van der Waals surface area contributed by atoms with E-state index < -0.39 is 23.4 Å². The number of nitriles is 1. The minimum atomic E-state index is -1.29. The third-order valence-electron chi connectivity index (χ3n) is 4.79. The van der Waals surface area contributed by atoms with Gasteiger partial charge in [0.1, 0.15) is 17.8 Å². The molecule has 8 heteroatoms. The Morgan fingerprint density at radius 1 is 1.24 bits per heavy atom. The fourth-order valence-corrected chi connectivity index (χ4v) is 3.10. The molecule has 0 unspecified atom stereocenters. The van der Waals surface area contributed by atoms with E-state index in [2.05, 4.69) is 10.6 Å². The molecule has 1 aliphatic heterocycles. The molecule has 1 fully saturated rings. The first-order valence-corrected chi connectivity index (χ1v) is 8.92. The zero-order valence-corrected chi connectivity index (χ0v) is 16.1. The van der Waals surface area contributed by atoms with Crippen LogP contribution in [0.25, 0.3) is 0 Å². The molecule has 0 aromatic heterocycles. The van der Waals surface area contributed by atoms with Gasteiger partial charge < -0.3 is 15.4 Å². The average Bonchev–Trinajstić information content (AvgIpc) is 2.96. The van der Waals surface area contributed by atoms with E-state index in [0.717, 1.165) is 10.5 Å². The van der Waals surface area contributed by atoms with E-state index >= 15 is 0 Å². The lowest BCUT2D eigenvalue weighted by molar-refractivity contribution is -0.134. The molecule has 0 aliphatic carbocycles. The van der Waals surface area contributed by atoms with Crippen LogP contribution in [0.1, 0.15) is 23.6 Å². The maximum atomic E-state index is 12.9. The van der Waals surface area contributed by atoms with Crippen molar-refractivity contribution in [3.63, 3.8) is 0 Å². The molecule has 1 atom stereocenters. The second-order valence-corrected chi connectivity index (χ2v) is 6.76. The molecule has 148 valence electrons. The minimum Gasteiger partial charge on any atom is -0.497 e. The van der Waals surface area contributed by atoms with E-state index in [1.165, 1.54) is 0 Å². The van der Waals surface area contributed by atoms with E-state index in [1.54, 1.807) is 56.5 Å². The molecular weight excluding hydrogens is 372 g/mol. The van der Waals surface area contributed by atoms with Crippen molar-refractivity contribution in [3.8, 4) is 11.8 Å². The number of nitrogens with one attached hydrogen (secondary N) is 2. The number of hydrogen-bond donors (Lipinski definition) is 2. The molecule has 0 radical (unpaired) electrons. The van der Waals surface area contributed by atoms with Crippen LogP contribution in [-0.4, -0.2) is 36.4 Å². The van der Waals surface area contributed by atoms with Crippen molar-refractivity contribution < 1.29 is 19.1 Å². The van der Waals surface area contributed by atoms with Gasteiger partial charge in [0.15, 0.2) is 0 Å². The second-order valence-electron chi connectivity index (χ2n) is 6.76. The highest BCUT2D eigenvalue weighted by Gasteiger charge is 2.49. The molecule has 0 spiro atoms. The molecule has 0 bridgehead atoms. The Balaban J connectivity index is 1.66. The van der Waals surface area contributed by atoms with Crippen LogP contribution in [0.3, 0.4) is 0 Å². The highest BCUT2D eigenvalue weighted by Crippen LogP contribution is 2.28. The van der Waals surface area contributed by atoms with Crippen molar-refractivity contribution >= 4 is 17.8 Å². The Labute approximate surface area is 168 Å². The minimum absolute atomic E-state index is 0.243. The van der Waals surface area contributed by atoms with Gasteiger partial charge in [-0.2, -0.15) is 5.26 Å². The maximum absolute atomic E-state index is 12.9. The summed E-state index contributed by atoms with van der Waals surface area (Å²) in [6.45, 7) is 1.43. The number of benzene rings is 2. The molecule has 2 aromatic rings. The first kappa shape index (κ1) is 19.9. The fourth-order valence-electron chi connectivity index (χ4n) is 3.10. The molecule has 1 aliphatic rings. The quantitative estimate of drug-likeness (QED) is 0.726. The van der Waals surface area contributed by atoms with Crippen LogP contribution in [0.2, 0.25) is 0 Å². The number of rotatable bonds is 6. The van der Waals surface area contributed by atoms with Gasteiger partial charge in [-0.05, 0) is 42.3 Å². The number of imide groups is 1. The summed E-state index contributed by atoms with van der Waals surface area (Å²) in [6.07, 6.45) is 0. The van der Waals surface area contributed by atoms with Crippen LogP contribution >= 0.6 is 0 Å². The summed E-state index contributed by atoms with van der Waals surface area (Å²) in [5.74, 6) is -0.312. The average molecular weight is 392 g/mol. The van der Waals surface area contributed by atoms with Gasteiger partial charge in [0, 0.05) is 6.54 Å². The third-order valence-corrected chi connectivity index (χ3v) is 4.79. The van der Waals surface area contributed by atoms with Crippen LogP contribution < -0.4 is 15.4 Å². The Bertz CT molecular complexity index is 996. The molecule has 4 amide bonds. The number of nitrogens with zero attached hydrogens (tertiary/aromatic N) is 2. The Hall–Kier alpha value is -3.86. The van der Waals surface area contributed by atoms with Gasteiger partial charge in [-0.15, -0.1) is 0 Å². The predicted molar refractivity (Wildman–Crippen MR) is 104 cm³/mol. The van der Waals surface area contributed by atoms with Crippen molar-refractivity contribution in [2.45, 2.75) is 19.0 Å². The van der Waals surface area contributed by atoms with Crippen LogP contribution in [-0.2, 0) is 21.7 Å². The van der Waals surface area contributed by atoms with E-state index in [-0.39, 0.29) is 13.1 Å². The number of carbonyl (C=O) groups excluding carboxylic acids is 3. The van der Waals surface area contributed by atoms with E-state index in [9.17, 15) is 14.4 Å². The summed E-state index contributed by atoms with van der Waals surface area (Å²) < 4.78 is 5.14. The van der Waals surface area contributed by atoms with E-state index in [0.29, 0.717) is 16.9 Å². The highest BCUT2D eigenvalue weighted by atomic mass is 16.5. The van der Waals surface area contributed by atoms with Gasteiger partial charge >= 0.3 is 6.03 Å². The number of urea groups is 1. The normalized spacial score (nSPS) is 18.2. The lowest BCUT2D eigenvalue weighted by atomic mass is 9.91. The summed E-state index contributed by atoms with van der Waals surface area (Å²) in [4.78, 5) is 38.4. The van der Waals surface area contributed by atoms with Crippen molar-refractivity contribution in [1.82, 2.24) is 15.5 Å². The van der Waals surface area contributed by atoms with E-state index in [1.807, 2.05) is 12.1 Å². The zero-order valence-electron chi connectivity index (χ0n) is 16.1. The lowest BCUT2D eigenvalue weighted by Gasteiger charge is -2.22. The monoisotopic (exact) mass is 392 g/mol. The second kappa shape index (κ2) is 8.02. The molecular formula is C21H20N4O4. The summed E-state index contributed by atoms with van der Waals surface area (Å²) in [5.41, 5.74) is 0.521. The van der Waals surface area contributed by atoms with Gasteiger partial charge in [0.2, 0.25) is 5.91 Å². The first-order valence-electron chi connectivity index (χ1n) is 8.92. The van der Waals surface area contributed by atoms with Crippen LogP contribution in [0, 0.1) is 11.3 Å². The number of carbonyl (C=O) groups is 3. The lowest BCUT2D eigenvalue weighted by Crippen LogP contribution is -2.43. The number of methoxy groups -OCH3 is 1. The van der Waals surface area contributed by atoms with Gasteiger partial charge in [-0.1, -0.05) is 24.3 Å². The van der Waals surface area contributed by atoms with Gasteiger partial charge in [-0.25, -0.2) is 4.79 Å². The fraction of sp³-hybridized carbons (Fsp3) is 0.238. The molecule has 0 saturated carbocycles. The third kappa shape index (κ3) is 4.04. The molecule has 1 saturated heterocycles. The molecule has 1 heterocycles. The summed E-state index contributed by atoms with van der Waals surface area (Å²) in [5, 5.41) is 14.2. The van der Waals surface area contributed by atoms with Crippen molar-refractivity contribution in [1.29, 1.82) is 5.26 Å². The smallest absolute Gasteiger partial charge is 0.325 e. The number of ether oxygens (including phenoxy) is 1. The molecule has 2 aromatic carbocycles. The van der Waals surface area contributed by atoms with Gasteiger partial charge in [0.25, 0.3) is 5.91 Å². The van der Waals surface area contributed by atoms with Crippen LogP contribution in [0.15, 0.2) is 48.5 Å². The van der Waals surface area contributed by atoms with Crippen LogP contribution in [0.5, 0.6) is 5.75 Å². The standard InChI is InChI=1S/C21H20N4O4/c1-21(16-8-6-14(11-22)7-9-16)19(27)25(20(28)24-21)13-18(26)23-12-15-4-3-5-17(10-15)29-2/h3-10H,12-13H2,1-2H3,(H,23,26)(H,24,28)/t21-/m0/s1. The molecule has 3 rings (SSSR count). The van der Waals surface area contributed by atoms with Crippen molar-refractivity contribution in [2.75, 3.05) is 13.7 Å². The SMILES string of the molecule is COc1cccc(CNC(=O)CN2C(=O)N[C@@](C)(c3ccc(C#N)cc3)C2=O)c1. The Morgan fingerprint density at radius 3 is 2.62 bits per heavy atom. The highest BCUT2D eigenvalue weighted by molar-refractivity contribution is 6.09. The molecule has 29 heavy (non-hydrogen) atoms. The molecule has 2 N–H and O–H groups in total. The summed E-state index contributed by atoms with van der Waals surface area (Å²) >= 11 is 0. The maximum Gasteiger partial charge on any atom is 0.325 e. The molecule has 8 nitrogen and oxygen atoms in total. The van der Waals surface area contributed by atoms with Gasteiger partial charge in [0.05, 0.1) is 18.7 Å². The topological polar surface area (TPSA) is 112 Å².